The number of hydrogen-bond acceptors (Lipinski definition) is 5. The summed E-state index contributed by atoms with van der Waals surface area (Å²) in [5, 5.41) is 0. The Morgan fingerprint density at radius 1 is 0.852 bits per heavy atom. The zero-order valence-electron chi connectivity index (χ0n) is 16.8. The van der Waals surface area contributed by atoms with Crippen LogP contribution in [0.3, 0.4) is 0 Å². The van der Waals surface area contributed by atoms with E-state index in [0.717, 1.165) is 61.8 Å². The molecule has 1 heterocycles. The van der Waals surface area contributed by atoms with Gasteiger partial charge in [-0.3, -0.25) is 4.90 Å². The Hall–Kier alpha value is -1.72. The number of methoxy groups -OCH3 is 3. The summed E-state index contributed by atoms with van der Waals surface area (Å²) in [4.78, 5) is 5.18. The van der Waals surface area contributed by atoms with Crippen LogP contribution in [0.15, 0.2) is 24.3 Å². The third-order valence-corrected chi connectivity index (χ3v) is 6.55. The fraction of sp³-hybridized carbons (Fsp3) is 0.636. The molecule has 3 atom stereocenters. The summed E-state index contributed by atoms with van der Waals surface area (Å²) in [7, 11) is 5.01. The molecule has 0 unspecified atom stereocenters. The molecule has 148 valence electrons. The van der Waals surface area contributed by atoms with Crippen molar-refractivity contribution in [3.05, 3.63) is 29.8 Å². The number of fused-ring (bicyclic) bond motifs is 2. The lowest BCUT2D eigenvalue weighted by molar-refractivity contribution is 0.108. The smallest absolute Gasteiger partial charge is 0.203 e. The maximum Gasteiger partial charge on any atom is 0.203 e. The number of piperazine rings is 1. The van der Waals surface area contributed by atoms with E-state index in [9.17, 15) is 0 Å². The number of ether oxygens (including phenoxy) is 3. The van der Waals surface area contributed by atoms with Crippen LogP contribution in [-0.4, -0.2) is 63.9 Å². The fourth-order valence-electron chi connectivity index (χ4n) is 5.09. The van der Waals surface area contributed by atoms with Gasteiger partial charge in [-0.25, -0.2) is 0 Å². The third kappa shape index (κ3) is 3.81. The van der Waals surface area contributed by atoms with Crippen LogP contribution < -0.4 is 14.2 Å². The predicted molar refractivity (Wildman–Crippen MR) is 107 cm³/mol. The van der Waals surface area contributed by atoms with E-state index in [0.29, 0.717) is 11.5 Å². The first-order valence-electron chi connectivity index (χ1n) is 10.1. The lowest BCUT2D eigenvalue weighted by atomic mass is 9.93. The highest BCUT2D eigenvalue weighted by Gasteiger charge is 2.36. The standard InChI is InChI=1S/C22H32N2O3/c1-25-20-7-6-18(21(26-2)22(20)27-3)14-23-8-10-24(11-9-23)15-19-13-16-4-5-17(19)12-16/h4-7,16-17,19H,8-15H2,1-3H3/t16-,17-,19+/m0/s1. The summed E-state index contributed by atoms with van der Waals surface area (Å²) in [6.07, 6.45) is 7.72. The maximum atomic E-state index is 5.64. The van der Waals surface area contributed by atoms with Crippen molar-refractivity contribution in [2.24, 2.45) is 17.8 Å². The zero-order chi connectivity index (χ0) is 18.8. The van der Waals surface area contributed by atoms with Gasteiger partial charge in [-0.05, 0) is 36.7 Å². The molecule has 0 N–H and O–H groups in total. The molecule has 2 fully saturated rings. The molecule has 2 aliphatic carbocycles. The van der Waals surface area contributed by atoms with Crippen LogP contribution >= 0.6 is 0 Å². The number of hydrogen-bond donors (Lipinski definition) is 0. The van der Waals surface area contributed by atoms with Crippen LogP contribution in [0.2, 0.25) is 0 Å². The first kappa shape index (κ1) is 18.6. The van der Waals surface area contributed by atoms with Crippen LogP contribution in [0.25, 0.3) is 0 Å². The van der Waals surface area contributed by atoms with E-state index in [1.54, 1.807) is 21.3 Å². The van der Waals surface area contributed by atoms with E-state index < -0.39 is 0 Å². The Balaban J connectivity index is 1.33. The summed E-state index contributed by atoms with van der Waals surface area (Å²) < 4.78 is 16.6. The van der Waals surface area contributed by atoms with Crippen molar-refractivity contribution in [2.45, 2.75) is 19.4 Å². The van der Waals surface area contributed by atoms with Gasteiger partial charge in [-0.1, -0.05) is 18.2 Å². The number of nitrogens with zero attached hydrogens (tertiary/aromatic N) is 2. The normalized spacial score (nSPS) is 27.9. The lowest BCUT2D eigenvalue weighted by Crippen LogP contribution is -2.47. The SMILES string of the molecule is COc1ccc(CN2CCN(C[C@H]3C[C@H]4C=C[C@H]3C4)CC2)c(OC)c1OC. The van der Waals surface area contributed by atoms with E-state index in [1.807, 2.05) is 6.07 Å². The molecular formula is C22H32N2O3. The van der Waals surface area contributed by atoms with Gasteiger partial charge in [0.15, 0.2) is 11.5 Å². The van der Waals surface area contributed by atoms with Gasteiger partial charge in [-0.15, -0.1) is 0 Å². The summed E-state index contributed by atoms with van der Waals surface area (Å²) >= 11 is 0. The van der Waals surface area contributed by atoms with E-state index in [2.05, 4.69) is 28.0 Å². The van der Waals surface area contributed by atoms with Gasteiger partial charge in [0.05, 0.1) is 21.3 Å². The molecule has 1 aromatic rings. The second kappa shape index (κ2) is 8.11. The zero-order valence-corrected chi connectivity index (χ0v) is 16.8. The van der Waals surface area contributed by atoms with Crippen molar-refractivity contribution < 1.29 is 14.2 Å². The minimum atomic E-state index is 0.681. The molecule has 1 aromatic carbocycles. The van der Waals surface area contributed by atoms with Crippen LogP contribution in [0.4, 0.5) is 0 Å². The van der Waals surface area contributed by atoms with Crippen LogP contribution in [0.5, 0.6) is 17.2 Å². The Morgan fingerprint density at radius 3 is 2.19 bits per heavy atom. The van der Waals surface area contributed by atoms with Crippen LogP contribution in [0, 0.1) is 17.8 Å². The number of allylic oxidation sites excluding steroid dienone is 2. The van der Waals surface area contributed by atoms with Gasteiger partial charge in [-0.2, -0.15) is 0 Å². The van der Waals surface area contributed by atoms with Gasteiger partial charge in [0, 0.05) is 44.8 Å². The van der Waals surface area contributed by atoms with Gasteiger partial charge in [0.2, 0.25) is 5.75 Å². The fourth-order valence-corrected chi connectivity index (χ4v) is 5.09. The van der Waals surface area contributed by atoms with Gasteiger partial charge >= 0.3 is 0 Å². The molecule has 5 heteroatoms. The average molecular weight is 373 g/mol. The molecule has 0 radical (unpaired) electrons. The largest absolute Gasteiger partial charge is 0.493 e. The predicted octanol–water partition coefficient (Wildman–Crippen LogP) is 3.04. The Kier molecular flexibility index (Phi) is 5.60. The minimum absolute atomic E-state index is 0.681. The summed E-state index contributed by atoms with van der Waals surface area (Å²) in [6, 6.07) is 4.06. The minimum Gasteiger partial charge on any atom is -0.493 e. The first-order valence-corrected chi connectivity index (χ1v) is 10.1. The number of rotatable bonds is 7. The van der Waals surface area contributed by atoms with Gasteiger partial charge < -0.3 is 19.1 Å². The Bertz CT molecular complexity index is 682. The molecule has 0 aromatic heterocycles. The number of benzene rings is 1. The van der Waals surface area contributed by atoms with Crippen molar-refractivity contribution in [2.75, 3.05) is 54.1 Å². The topological polar surface area (TPSA) is 34.2 Å². The van der Waals surface area contributed by atoms with E-state index in [4.69, 9.17) is 14.2 Å². The van der Waals surface area contributed by atoms with Crippen molar-refractivity contribution in [3.8, 4) is 17.2 Å². The molecule has 1 saturated carbocycles. The van der Waals surface area contributed by atoms with Crippen molar-refractivity contribution in [1.82, 2.24) is 9.80 Å². The molecule has 0 spiro atoms. The molecule has 5 nitrogen and oxygen atoms in total. The van der Waals surface area contributed by atoms with Crippen molar-refractivity contribution in [3.63, 3.8) is 0 Å². The summed E-state index contributed by atoms with van der Waals surface area (Å²) in [5.74, 6) is 4.79. The van der Waals surface area contributed by atoms with Gasteiger partial charge in [0.25, 0.3) is 0 Å². The summed E-state index contributed by atoms with van der Waals surface area (Å²) in [5.41, 5.74) is 1.15. The molecule has 3 aliphatic rings. The van der Waals surface area contributed by atoms with Gasteiger partial charge in [0.1, 0.15) is 0 Å². The molecule has 4 rings (SSSR count). The monoisotopic (exact) mass is 372 g/mol. The van der Waals surface area contributed by atoms with Crippen LogP contribution in [0.1, 0.15) is 18.4 Å². The third-order valence-electron chi connectivity index (χ3n) is 6.55. The molecule has 27 heavy (non-hydrogen) atoms. The van der Waals surface area contributed by atoms with Crippen LogP contribution in [-0.2, 0) is 6.54 Å². The quantitative estimate of drug-likeness (QED) is 0.687. The van der Waals surface area contributed by atoms with E-state index in [-0.39, 0.29) is 0 Å². The molecular weight excluding hydrogens is 340 g/mol. The highest BCUT2D eigenvalue weighted by Crippen LogP contribution is 2.44. The highest BCUT2D eigenvalue weighted by molar-refractivity contribution is 5.55. The first-order chi connectivity index (χ1) is 13.2. The van der Waals surface area contributed by atoms with Crippen molar-refractivity contribution in [1.29, 1.82) is 0 Å². The van der Waals surface area contributed by atoms with Crippen molar-refractivity contribution >= 4 is 0 Å². The maximum absolute atomic E-state index is 5.64. The molecule has 1 saturated heterocycles. The second-order valence-electron chi connectivity index (χ2n) is 8.11. The Morgan fingerprint density at radius 2 is 1.59 bits per heavy atom. The van der Waals surface area contributed by atoms with E-state index in [1.165, 1.54) is 19.4 Å². The molecule has 2 bridgehead atoms. The Labute approximate surface area is 162 Å². The average Bonchev–Trinajstić information content (AvgIpc) is 3.32. The second-order valence-corrected chi connectivity index (χ2v) is 8.11. The van der Waals surface area contributed by atoms with E-state index >= 15 is 0 Å². The highest BCUT2D eigenvalue weighted by atomic mass is 16.5. The molecule has 0 amide bonds. The summed E-state index contributed by atoms with van der Waals surface area (Å²) in [6.45, 7) is 6.69. The molecule has 1 aliphatic heterocycles. The lowest BCUT2D eigenvalue weighted by Gasteiger charge is -2.37.